The molecule has 144 valence electrons. The third kappa shape index (κ3) is 3.84. The Kier molecular flexibility index (Phi) is 5.49. The van der Waals surface area contributed by atoms with Crippen LogP contribution in [0.15, 0.2) is 4.21 Å². The fraction of sp³-hybridized carbons (Fsp3) is 0.667. The second kappa shape index (κ2) is 7.49. The fourth-order valence-corrected chi connectivity index (χ4v) is 6.30. The van der Waals surface area contributed by atoms with Crippen molar-refractivity contribution in [3.05, 3.63) is 5.69 Å². The highest BCUT2D eigenvalue weighted by Gasteiger charge is 2.36. The normalized spacial score (nSPS) is 20.1. The van der Waals surface area contributed by atoms with Crippen LogP contribution in [-0.4, -0.2) is 66.9 Å². The molecule has 0 unspecified atom stereocenters. The number of aromatic nitrogens is 1. The van der Waals surface area contributed by atoms with Gasteiger partial charge in [0.2, 0.25) is 5.91 Å². The monoisotopic (exact) mass is 402 g/mol. The summed E-state index contributed by atoms with van der Waals surface area (Å²) < 4.78 is 32.5. The van der Waals surface area contributed by atoms with Crippen molar-refractivity contribution in [3.63, 3.8) is 0 Å². The van der Waals surface area contributed by atoms with E-state index in [-0.39, 0.29) is 27.4 Å². The van der Waals surface area contributed by atoms with Gasteiger partial charge in [-0.1, -0.05) is 11.3 Å². The number of carbonyl (C=O) groups is 2. The number of hydrogen-bond acceptors (Lipinski definition) is 7. The number of hydrogen-bond donors (Lipinski definition) is 1. The van der Waals surface area contributed by atoms with Crippen molar-refractivity contribution >= 4 is 38.5 Å². The van der Waals surface area contributed by atoms with Crippen molar-refractivity contribution in [1.82, 2.24) is 14.2 Å². The van der Waals surface area contributed by atoms with E-state index in [1.165, 1.54) is 11.2 Å². The maximum Gasteiger partial charge on any atom is 0.410 e. The van der Waals surface area contributed by atoms with Crippen LogP contribution in [-0.2, 0) is 19.6 Å². The van der Waals surface area contributed by atoms with Crippen LogP contribution in [0.5, 0.6) is 0 Å². The van der Waals surface area contributed by atoms with E-state index in [9.17, 15) is 18.0 Å². The van der Waals surface area contributed by atoms with E-state index in [2.05, 4.69) is 10.3 Å². The number of piperidine rings is 1. The Bertz CT molecular complexity index is 799. The van der Waals surface area contributed by atoms with Gasteiger partial charge in [-0.2, -0.15) is 4.31 Å². The van der Waals surface area contributed by atoms with Gasteiger partial charge in [0.05, 0.1) is 12.3 Å². The number of rotatable bonds is 4. The van der Waals surface area contributed by atoms with E-state index >= 15 is 0 Å². The van der Waals surface area contributed by atoms with Crippen LogP contribution < -0.4 is 5.32 Å². The van der Waals surface area contributed by atoms with Gasteiger partial charge in [0.15, 0.2) is 9.34 Å². The lowest BCUT2D eigenvalue weighted by Gasteiger charge is -2.38. The molecule has 9 nitrogen and oxygen atoms in total. The molecule has 2 aliphatic heterocycles. The van der Waals surface area contributed by atoms with Crippen molar-refractivity contribution in [3.8, 4) is 0 Å². The van der Waals surface area contributed by atoms with Crippen LogP contribution in [0.25, 0.3) is 0 Å². The van der Waals surface area contributed by atoms with E-state index in [0.717, 1.165) is 17.8 Å². The molecule has 0 atom stereocenters. The van der Waals surface area contributed by atoms with Crippen molar-refractivity contribution < 1.29 is 22.7 Å². The maximum absolute atomic E-state index is 12.9. The summed E-state index contributed by atoms with van der Waals surface area (Å²) in [5.74, 6) is -0.295. The highest BCUT2D eigenvalue weighted by Crippen LogP contribution is 2.32. The van der Waals surface area contributed by atoms with E-state index < -0.39 is 10.0 Å². The SMILES string of the molecule is CC(=O)Nc1nc(C)c(S(=O)(=O)N2CCC(N3CCCOC3=O)CC2)s1. The third-order valence-electron chi connectivity index (χ3n) is 4.48. The van der Waals surface area contributed by atoms with Gasteiger partial charge in [-0.3, -0.25) is 4.79 Å². The molecule has 3 heterocycles. The molecule has 1 aromatic rings. The zero-order chi connectivity index (χ0) is 18.9. The summed E-state index contributed by atoms with van der Waals surface area (Å²) in [6.45, 7) is 4.74. The van der Waals surface area contributed by atoms with Gasteiger partial charge < -0.3 is 15.0 Å². The molecule has 26 heavy (non-hydrogen) atoms. The van der Waals surface area contributed by atoms with Gasteiger partial charge in [0, 0.05) is 32.6 Å². The van der Waals surface area contributed by atoms with E-state index in [4.69, 9.17) is 4.74 Å². The van der Waals surface area contributed by atoms with Gasteiger partial charge in [0.25, 0.3) is 10.0 Å². The molecule has 2 fully saturated rings. The number of nitrogens with one attached hydrogen (secondary N) is 1. The number of ether oxygens (including phenoxy) is 1. The predicted molar refractivity (Wildman–Crippen MR) is 95.6 cm³/mol. The summed E-state index contributed by atoms with van der Waals surface area (Å²) in [6, 6.07) is 0.00625. The molecule has 2 saturated heterocycles. The predicted octanol–water partition coefficient (Wildman–Crippen LogP) is 1.41. The van der Waals surface area contributed by atoms with Gasteiger partial charge in [-0.15, -0.1) is 0 Å². The molecular formula is C15H22N4O5S2. The van der Waals surface area contributed by atoms with Gasteiger partial charge in [-0.25, -0.2) is 18.2 Å². The Labute approximate surface area is 156 Å². The number of nitrogens with zero attached hydrogens (tertiary/aromatic N) is 3. The summed E-state index contributed by atoms with van der Waals surface area (Å²) in [4.78, 5) is 28.8. The minimum absolute atomic E-state index is 0.00625. The smallest absolute Gasteiger partial charge is 0.410 e. The standard InChI is InChI=1S/C15H22N4O5S2/c1-10-13(25-14(16-10)17-11(2)20)26(22,23)18-7-4-12(5-8-18)19-6-3-9-24-15(19)21/h12H,3-9H2,1-2H3,(H,16,17,20). The average Bonchev–Trinajstić information content (AvgIpc) is 2.96. The number of amides is 2. The summed E-state index contributed by atoms with van der Waals surface area (Å²) in [5.41, 5.74) is 0.375. The average molecular weight is 402 g/mol. The number of cyclic esters (lactones) is 1. The van der Waals surface area contributed by atoms with E-state index in [0.29, 0.717) is 44.8 Å². The highest BCUT2D eigenvalue weighted by molar-refractivity contribution is 7.91. The first-order valence-electron chi connectivity index (χ1n) is 8.47. The Morgan fingerprint density at radius 2 is 2.00 bits per heavy atom. The molecule has 11 heteroatoms. The number of carbonyl (C=O) groups excluding carboxylic acids is 2. The summed E-state index contributed by atoms with van der Waals surface area (Å²) in [6.07, 6.45) is 1.64. The molecule has 2 aliphatic rings. The summed E-state index contributed by atoms with van der Waals surface area (Å²) in [5, 5.41) is 2.80. The molecule has 3 rings (SSSR count). The number of thiazole rings is 1. The van der Waals surface area contributed by atoms with Crippen molar-refractivity contribution in [1.29, 1.82) is 0 Å². The van der Waals surface area contributed by atoms with Crippen molar-refractivity contribution in [2.45, 2.75) is 43.4 Å². The number of aryl methyl sites for hydroxylation is 1. The molecule has 0 aliphatic carbocycles. The molecule has 0 bridgehead atoms. The van der Waals surface area contributed by atoms with E-state index in [1.807, 2.05) is 0 Å². The molecule has 0 aromatic carbocycles. The van der Waals surface area contributed by atoms with Crippen molar-refractivity contribution in [2.75, 3.05) is 31.6 Å². The highest BCUT2D eigenvalue weighted by atomic mass is 32.2. The molecule has 0 saturated carbocycles. The molecule has 1 N–H and O–H groups in total. The second-order valence-corrected chi connectivity index (χ2v) is 9.50. The Hall–Kier alpha value is -1.72. The lowest BCUT2D eigenvalue weighted by Crippen LogP contribution is -2.50. The van der Waals surface area contributed by atoms with Crippen LogP contribution in [0.1, 0.15) is 31.9 Å². The van der Waals surface area contributed by atoms with Crippen LogP contribution in [0.3, 0.4) is 0 Å². The van der Waals surface area contributed by atoms with Gasteiger partial charge >= 0.3 is 6.09 Å². The Balaban J connectivity index is 1.69. The fourth-order valence-electron chi connectivity index (χ4n) is 3.24. The quantitative estimate of drug-likeness (QED) is 0.815. The molecular weight excluding hydrogens is 380 g/mol. The Morgan fingerprint density at radius 3 is 2.62 bits per heavy atom. The molecule has 0 spiro atoms. The lowest BCUT2D eigenvalue weighted by molar-refractivity contribution is -0.114. The van der Waals surface area contributed by atoms with Gasteiger partial charge in [0.1, 0.15) is 0 Å². The zero-order valence-corrected chi connectivity index (χ0v) is 16.4. The van der Waals surface area contributed by atoms with Crippen LogP contribution in [0, 0.1) is 6.92 Å². The first kappa shape index (κ1) is 19.1. The van der Waals surface area contributed by atoms with Crippen LogP contribution in [0.4, 0.5) is 9.93 Å². The Morgan fingerprint density at radius 1 is 1.31 bits per heavy atom. The first-order valence-corrected chi connectivity index (χ1v) is 10.7. The largest absolute Gasteiger partial charge is 0.449 e. The van der Waals surface area contributed by atoms with Crippen molar-refractivity contribution in [2.24, 2.45) is 0 Å². The molecule has 0 radical (unpaired) electrons. The van der Waals surface area contributed by atoms with E-state index in [1.54, 1.807) is 11.8 Å². The second-order valence-electron chi connectivity index (χ2n) is 6.37. The maximum atomic E-state index is 12.9. The molecule has 2 amide bonds. The van der Waals surface area contributed by atoms with Gasteiger partial charge in [-0.05, 0) is 26.2 Å². The third-order valence-corrected chi connectivity index (χ3v) is 8.04. The lowest BCUT2D eigenvalue weighted by atomic mass is 10.0. The zero-order valence-electron chi connectivity index (χ0n) is 14.7. The topological polar surface area (TPSA) is 109 Å². The van der Waals surface area contributed by atoms with Crippen LogP contribution >= 0.6 is 11.3 Å². The number of anilines is 1. The van der Waals surface area contributed by atoms with Crippen LogP contribution in [0.2, 0.25) is 0 Å². The minimum Gasteiger partial charge on any atom is -0.449 e. The minimum atomic E-state index is -3.67. The first-order chi connectivity index (χ1) is 12.3. The summed E-state index contributed by atoms with van der Waals surface area (Å²) >= 11 is 0.960. The summed E-state index contributed by atoms with van der Waals surface area (Å²) in [7, 11) is -3.67. The molecule has 1 aromatic heterocycles. The number of sulfonamides is 1.